The van der Waals surface area contributed by atoms with Gasteiger partial charge in [0.05, 0.1) is 12.8 Å². The van der Waals surface area contributed by atoms with Crippen molar-refractivity contribution < 1.29 is 4.74 Å². The van der Waals surface area contributed by atoms with E-state index in [9.17, 15) is 0 Å². The van der Waals surface area contributed by atoms with Crippen LogP contribution in [-0.2, 0) is 6.54 Å². The molecule has 1 rings (SSSR count). The molecule has 1 aromatic carbocycles. The SMILES string of the molecule is COc1ccc(CN)cc1NC(N)=S. The predicted octanol–water partition coefficient (Wildman–Crippen LogP) is 0.809. The van der Waals surface area contributed by atoms with Crippen LogP contribution in [0.3, 0.4) is 0 Å². The number of rotatable bonds is 3. The average Bonchev–Trinajstić information content (AvgIpc) is 2.16. The number of nitrogens with one attached hydrogen (secondary N) is 1. The Hall–Kier alpha value is -1.33. The largest absolute Gasteiger partial charge is 0.495 e. The molecule has 5 N–H and O–H groups in total. The fraction of sp³-hybridized carbons (Fsp3) is 0.222. The van der Waals surface area contributed by atoms with Crippen LogP contribution in [0.4, 0.5) is 5.69 Å². The van der Waals surface area contributed by atoms with E-state index in [2.05, 4.69) is 5.32 Å². The van der Waals surface area contributed by atoms with Crippen LogP contribution < -0.4 is 21.5 Å². The Balaban J connectivity index is 3.01. The van der Waals surface area contributed by atoms with Gasteiger partial charge in [0.15, 0.2) is 5.11 Å². The van der Waals surface area contributed by atoms with Crippen LogP contribution >= 0.6 is 12.2 Å². The molecule has 0 unspecified atom stereocenters. The summed E-state index contributed by atoms with van der Waals surface area (Å²) in [6, 6.07) is 5.57. The van der Waals surface area contributed by atoms with Crippen molar-refractivity contribution in [2.45, 2.75) is 6.54 Å². The minimum absolute atomic E-state index is 0.206. The highest BCUT2D eigenvalue weighted by Gasteiger charge is 2.03. The highest BCUT2D eigenvalue weighted by Crippen LogP contribution is 2.24. The Morgan fingerprint density at radius 3 is 2.79 bits per heavy atom. The molecule has 0 fully saturated rings. The fourth-order valence-corrected chi connectivity index (χ4v) is 1.22. The summed E-state index contributed by atoms with van der Waals surface area (Å²) in [6.07, 6.45) is 0. The van der Waals surface area contributed by atoms with Crippen LogP contribution in [-0.4, -0.2) is 12.2 Å². The smallest absolute Gasteiger partial charge is 0.168 e. The molecule has 0 saturated heterocycles. The first-order valence-corrected chi connectivity index (χ1v) is 4.51. The molecule has 0 atom stereocenters. The normalized spacial score (nSPS) is 9.57. The Kier molecular flexibility index (Phi) is 3.67. The van der Waals surface area contributed by atoms with Crippen molar-refractivity contribution >= 4 is 23.0 Å². The standard InChI is InChI=1S/C9H13N3OS/c1-13-8-3-2-6(5-10)4-7(8)12-9(11)14/h2-4H,5,10H2,1H3,(H3,11,12,14). The zero-order valence-electron chi connectivity index (χ0n) is 7.91. The van der Waals surface area contributed by atoms with E-state index in [1.165, 1.54) is 0 Å². The molecule has 0 aromatic heterocycles. The lowest BCUT2D eigenvalue weighted by Crippen LogP contribution is -2.19. The molecule has 14 heavy (non-hydrogen) atoms. The van der Waals surface area contributed by atoms with Crippen molar-refractivity contribution in [3.8, 4) is 5.75 Å². The summed E-state index contributed by atoms with van der Waals surface area (Å²) in [6.45, 7) is 0.468. The average molecular weight is 211 g/mol. The number of nitrogens with two attached hydrogens (primary N) is 2. The third kappa shape index (κ3) is 2.58. The highest BCUT2D eigenvalue weighted by molar-refractivity contribution is 7.80. The van der Waals surface area contributed by atoms with Gasteiger partial charge in [-0.1, -0.05) is 6.07 Å². The Morgan fingerprint density at radius 1 is 1.57 bits per heavy atom. The van der Waals surface area contributed by atoms with Gasteiger partial charge in [-0.2, -0.15) is 0 Å². The molecule has 0 spiro atoms. The first kappa shape index (κ1) is 10.7. The zero-order chi connectivity index (χ0) is 10.6. The number of benzene rings is 1. The summed E-state index contributed by atoms with van der Waals surface area (Å²) in [5.74, 6) is 0.690. The maximum Gasteiger partial charge on any atom is 0.168 e. The number of hydrogen-bond acceptors (Lipinski definition) is 3. The van der Waals surface area contributed by atoms with E-state index >= 15 is 0 Å². The van der Waals surface area contributed by atoms with Crippen molar-refractivity contribution in [1.82, 2.24) is 0 Å². The molecular formula is C9H13N3OS. The fourth-order valence-electron chi connectivity index (χ4n) is 1.11. The second kappa shape index (κ2) is 4.78. The maximum atomic E-state index is 5.51. The molecule has 0 heterocycles. The molecule has 0 bridgehead atoms. The van der Waals surface area contributed by atoms with E-state index in [0.29, 0.717) is 12.3 Å². The molecule has 1 aromatic rings. The topological polar surface area (TPSA) is 73.3 Å². The van der Waals surface area contributed by atoms with Crippen molar-refractivity contribution in [1.29, 1.82) is 0 Å². The van der Waals surface area contributed by atoms with Gasteiger partial charge < -0.3 is 21.5 Å². The molecule has 0 aliphatic rings. The quantitative estimate of drug-likeness (QED) is 0.645. The molecule has 0 amide bonds. The van der Waals surface area contributed by atoms with E-state index in [0.717, 1.165) is 11.3 Å². The van der Waals surface area contributed by atoms with Gasteiger partial charge in [0.1, 0.15) is 5.75 Å². The van der Waals surface area contributed by atoms with Crippen LogP contribution in [0, 0.1) is 0 Å². The lowest BCUT2D eigenvalue weighted by atomic mass is 10.2. The molecule has 0 saturated carbocycles. The predicted molar refractivity (Wildman–Crippen MR) is 61.3 cm³/mol. The van der Waals surface area contributed by atoms with Gasteiger partial charge in [-0.05, 0) is 29.9 Å². The Labute approximate surface area is 88.2 Å². The summed E-state index contributed by atoms with van der Waals surface area (Å²) in [5, 5.41) is 3.03. The van der Waals surface area contributed by atoms with Gasteiger partial charge in [-0.15, -0.1) is 0 Å². The van der Waals surface area contributed by atoms with E-state index in [-0.39, 0.29) is 5.11 Å². The van der Waals surface area contributed by atoms with Gasteiger partial charge >= 0.3 is 0 Å². The third-order valence-corrected chi connectivity index (χ3v) is 1.86. The van der Waals surface area contributed by atoms with Crippen LogP contribution in [0.1, 0.15) is 5.56 Å². The molecule has 0 aliphatic carbocycles. The zero-order valence-corrected chi connectivity index (χ0v) is 8.73. The summed E-state index contributed by atoms with van der Waals surface area (Å²) in [5.41, 5.74) is 12.6. The van der Waals surface area contributed by atoms with Crippen molar-refractivity contribution in [2.75, 3.05) is 12.4 Å². The first-order valence-electron chi connectivity index (χ1n) is 4.11. The number of ether oxygens (including phenoxy) is 1. The van der Waals surface area contributed by atoms with E-state index in [1.54, 1.807) is 7.11 Å². The summed E-state index contributed by atoms with van der Waals surface area (Å²) in [7, 11) is 1.59. The van der Waals surface area contributed by atoms with Gasteiger partial charge in [0.2, 0.25) is 0 Å². The third-order valence-electron chi connectivity index (χ3n) is 1.76. The maximum absolute atomic E-state index is 5.51. The van der Waals surface area contributed by atoms with Crippen molar-refractivity contribution in [2.24, 2.45) is 11.5 Å². The first-order chi connectivity index (χ1) is 6.67. The number of hydrogen-bond donors (Lipinski definition) is 3. The second-order valence-electron chi connectivity index (χ2n) is 2.73. The van der Waals surface area contributed by atoms with E-state index < -0.39 is 0 Å². The summed E-state index contributed by atoms with van der Waals surface area (Å²) in [4.78, 5) is 0. The minimum atomic E-state index is 0.206. The lowest BCUT2D eigenvalue weighted by molar-refractivity contribution is 0.417. The highest BCUT2D eigenvalue weighted by atomic mass is 32.1. The second-order valence-corrected chi connectivity index (χ2v) is 3.17. The number of methoxy groups -OCH3 is 1. The molecule has 0 radical (unpaired) electrons. The van der Waals surface area contributed by atoms with Gasteiger partial charge in [-0.3, -0.25) is 0 Å². The number of anilines is 1. The molecule has 0 aliphatic heterocycles. The van der Waals surface area contributed by atoms with E-state index in [4.69, 9.17) is 28.4 Å². The molecule has 76 valence electrons. The van der Waals surface area contributed by atoms with Gasteiger partial charge in [0, 0.05) is 6.54 Å². The Morgan fingerprint density at radius 2 is 2.29 bits per heavy atom. The van der Waals surface area contributed by atoms with E-state index in [1.807, 2.05) is 18.2 Å². The van der Waals surface area contributed by atoms with Crippen molar-refractivity contribution in [3.63, 3.8) is 0 Å². The van der Waals surface area contributed by atoms with Crippen LogP contribution in [0.2, 0.25) is 0 Å². The van der Waals surface area contributed by atoms with Crippen molar-refractivity contribution in [3.05, 3.63) is 23.8 Å². The summed E-state index contributed by atoms with van der Waals surface area (Å²) < 4.78 is 5.13. The van der Waals surface area contributed by atoms with Crippen LogP contribution in [0.5, 0.6) is 5.75 Å². The lowest BCUT2D eigenvalue weighted by Gasteiger charge is -2.10. The number of thiocarbonyl (C=S) groups is 1. The molecular weight excluding hydrogens is 198 g/mol. The molecule has 4 nitrogen and oxygen atoms in total. The van der Waals surface area contributed by atoms with Gasteiger partial charge in [-0.25, -0.2) is 0 Å². The monoisotopic (exact) mass is 211 g/mol. The minimum Gasteiger partial charge on any atom is -0.495 e. The van der Waals surface area contributed by atoms with Crippen LogP contribution in [0.15, 0.2) is 18.2 Å². The van der Waals surface area contributed by atoms with Gasteiger partial charge in [0.25, 0.3) is 0 Å². The van der Waals surface area contributed by atoms with Crippen LogP contribution in [0.25, 0.3) is 0 Å². The summed E-state index contributed by atoms with van der Waals surface area (Å²) >= 11 is 4.74. The molecule has 5 heteroatoms. The Bertz CT molecular complexity index is 341.